The van der Waals surface area contributed by atoms with Gasteiger partial charge in [-0.25, -0.2) is 9.59 Å². The van der Waals surface area contributed by atoms with Crippen LogP contribution < -0.4 is 9.47 Å². The predicted octanol–water partition coefficient (Wildman–Crippen LogP) is 2.90. The number of carbonyl (C=O) groups is 3. The molecule has 0 saturated carbocycles. The Bertz CT molecular complexity index is 896. The van der Waals surface area contributed by atoms with Gasteiger partial charge < -0.3 is 18.9 Å². The Balaban J connectivity index is 2.11. The number of rotatable bonds is 10. The summed E-state index contributed by atoms with van der Waals surface area (Å²) in [7, 11) is 1.45. The summed E-state index contributed by atoms with van der Waals surface area (Å²) in [6, 6.07) is 8.09. The van der Waals surface area contributed by atoms with Crippen LogP contribution in [0.4, 0.5) is 0 Å². The molecule has 0 spiro atoms. The first kappa shape index (κ1) is 22.6. The highest BCUT2D eigenvalue weighted by Crippen LogP contribution is 2.29. The Morgan fingerprint density at radius 3 is 2.63 bits per heavy atom. The lowest BCUT2D eigenvalue weighted by molar-refractivity contribution is -0.157. The summed E-state index contributed by atoms with van der Waals surface area (Å²) in [4.78, 5) is 40.7. The SMILES string of the molecule is C=CCc1ccc(OC(=O)C[C@H](OC(=O)c2cccnc2)C(=O)OCC)c(OC)c1. The van der Waals surface area contributed by atoms with E-state index in [9.17, 15) is 14.4 Å². The summed E-state index contributed by atoms with van der Waals surface area (Å²) >= 11 is 0. The molecule has 0 aliphatic rings. The van der Waals surface area contributed by atoms with Crippen LogP contribution in [0.1, 0.15) is 29.3 Å². The molecular formula is C22H23NO7. The van der Waals surface area contributed by atoms with E-state index in [4.69, 9.17) is 18.9 Å². The summed E-state index contributed by atoms with van der Waals surface area (Å²) in [6.07, 6.45) is 3.16. The molecule has 30 heavy (non-hydrogen) atoms. The van der Waals surface area contributed by atoms with E-state index in [-0.39, 0.29) is 17.9 Å². The van der Waals surface area contributed by atoms with Crippen LogP contribution in [0, 0.1) is 0 Å². The van der Waals surface area contributed by atoms with E-state index in [1.54, 1.807) is 37.3 Å². The molecule has 2 aromatic rings. The Morgan fingerprint density at radius 1 is 1.20 bits per heavy atom. The maximum absolute atomic E-state index is 12.4. The Morgan fingerprint density at radius 2 is 2.00 bits per heavy atom. The third kappa shape index (κ3) is 6.44. The molecule has 1 atom stereocenters. The summed E-state index contributed by atoms with van der Waals surface area (Å²) in [5, 5.41) is 0. The van der Waals surface area contributed by atoms with Crippen LogP contribution in [0.3, 0.4) is 0 Å². The lowest BCUT2D eigenvalue weighted by Crippen LogP contribution is -2.33. The van der Waals surface area contributed by atoms with Crippen LogP contribution in [0.15, 0.2) is 55.4 Å². The number of benzene rings is 1. The molecular weight excluding hydrogens is 390 g/mol. The van der Waals surface area contributed by atoms with Crippen LogP contribution >= 0.6 is 0 Å². The zero-order valence-electron chi connectivity index (χ0n) is 16.8. The number of methoxy groups -OCH3 is 1. The average molecular weight is 413 g/mol. The highest BCUT2D eigenvalue weighted by atomic mass is 16.6. The summed E-state index contributed by atoms with van der Waals surface area (Å²) in [5.41, 5.74) is 1.07. The number of esters is 3. The molecule has 0 bridgehead atoms. The van der Waals surface area contributed by atoms with Gasteiger partial charge in [-0.3, -0.25) is 9.78 Å². The van der Waals surface area contributed by atoms with Crippen molar-refractivity contribution in [2.75, 3.05) is 13.7 Å². The molecule has 0 saturated heterocycles. The molecule has 0 N–H and O–H groups in total. The number of hydrogen-bond acceptors (Lipinski definition) is 8. The summed E-state index contributed by atoms with van der Waals surface area (Å²) < 4.78 is 20.6. The van der Waals surface area contributed by atoms with Gasteiger partial charge in [-0.05, 0) is 43.2 Å². The van der Waals surface area contributed by atoms with E-state index in [0.717, 1.165) is 5.56 Å². The summed E-state index contributed by atoms with van der Waals surface area (Å²) in [6.45, 7) is 5.34. The molecule has 1 aromatic carbocycles. The topological polar surface area (TPSA) is 101 Å². The lowest BCUT2D eigenvalue weighted by atomic mass is 10.1. The van der Waals surface area contributed by atoms with Crippen molar-refractivity contribution in [2.45, 2.75) is 25.9 Å². The van der Waals surface area contributed by atoms with Gasteiger partial charge in [-0.15, -0.1) is 6.58 Å². The van der Waals surface area contributed by atoms with E-state index >= 15 is 0 Å². The molecule has 1 aromatic heterocycles. The number of pyridine rings is 1. The number of carbonyl (C=O) groups excluding carboxylic acids is 3. The fourth-order valence-corrected chi connectivity index (χ4v) is 2.49. The minimum absolute atomic E-state index is 0.0629. The molecule has 0 amide bonds. The molecule has 2 rings (SSSR count). The maximum atomic E-state index is 12.4. The van der Waals surface area contributed by atoms with Crippen molar-refractivity contribution in [1.29, 1.82) is 0 Å². The first-order valence-electron chi connectivity index (χ1n) is 9.24. The molecule has 0 aliphatic heterocycles. The number of aromatic nitrogens is 1. The monoisotopic (exact) mass is 413 g/mol. The minimum Gasteiger partial charge on any atom is -0.493 e. The van der Waals surface area contributed by atoms with Crippen LogP contribution in [-0.2, 0) is 25.5 Å². The van der Waals surface area contributed by atoms with Gasteiger partial charge in [0.1, 0.15) is 0 Å². The maximum Gasteiger partial charge on any atom is 0.348 e. The van der Waals surface area contributed by atoms with Crippen molar-refractivity contribution in [3.05, 3.63) is 66.5 Å². The predicted molar refractivity (Wildman–Crippen MR) is 107 cm³/mol. The summed E-state index contributed by atoms with van der Waals surface area (Å²) in [5.74, 6) is -1.92. The van der Waals surface area contributed by atoms with Crippen LogP contribution in [0.5, 0.6) is 11.5 Å². The minimum atomic E-state index is -1.46. The van der Waals surface area contributed by atoms with Gasteiger partial charge in [0.25, 0.3) is 0 Å². The number of ether oxygens (including phenoxy) is 4. The number of hydrogen-bond donors (Lipinski definition) is 0. The van der Waals surface area contributed by atoms with Gasteiger partial charge in [0, 0.05) is 12.4 Å². The van der Waals surface area contributed by atoms with E-state index in [1.165, 1.54) is 25.6 Å². The first-order valence-corrected chi connectivity index (χ1v) is 9.24. The van der Waals surface area contributed by atoms with Crippen LogP contribution in [0.25, 0.3) is 0 Å². The molecule has 1 heterocycles. The molecule has 0 fully saturated rings. The fourth-order valence-electron chi connectivity index (χ4n) is 2.49. The third-order valence-electron chi connectivity index (χ3n) is 3.88. The van der Waals surface area contributed by atoms with Gasteiger partial charge in [0.2, 0.25) is 6.10 Å². The van der Waals surface area contributed by atoms with Crippen LogP contribution in [-0.4, -0.2) is 42.7 Å². The van der Waals surface area contributed by atoms with Crippen LogP contribution in [0.2, 0.25) is 0 Å². The quantitative estimate of drug-likeness (QED) is 0.333. The van der Waals surface area contributed by atoms with E-state index < -0.39 is 30.4 Å². The Hall–Kier alpha value is -3.68. The smallest absolute Gasteiger partial charge is 0.348 e. The fraction of sp³-hybridized carbons (Fsp3) is 0.273. The standard InChI is InChI=1S/C22H23NO7/c1-4-7-15-9-10-17(18(12-15)27-3)29-20(24)13-19(22(26)28-5-2)30-21(25)16-8-6-11-23-14-16/h4,6,8-12,14,19H,1,5,7,13H2,2-3H3/t19-/m0/s1. The second-order valence-corrected chi connectivity index (χ2v) is 6.04. The molecule has 8 heteroatoms. The second-order valence-electron chi connectivity index (χ2n) is 6.04. The van der Waals surface area contributed by atoms with E-state index in [1.807, 2.05) is 0 Å². The first-order chi connectivity index (χ1) is 14.5. The van der Waals surface area contributed by atoms with Gasteiger partial charge in [0.15, 0.2) is 11.5 Å². The number of allylic oxidation sites excluding steroid dienone is 1. The van der Waals surface area contributed by atoms with E-state index in [2.05, 4.69) is 11.6 Å². The highest BCUT2D eigenvalue weighted by Gasteiger charge is 2.29. The number of nitrogens with zero attached hydrogens (tertiary/aromatic N) is 1. The van der Waals surface area contributed by atoms with Gasteiger partial charge in [0.05, 0.1) is 25.7 Å². The highest BCUT2D eigenvalue weighted by molar-refractivity contribution is 5.92. The van der Waals surface area contributed by atoms with Gasteiger partial charge in [-0.2, -0.15) is 0 Å². The van der Waals surface area contributed by atoms with Crippen molar-refractivity contribution in [3.8, 4) is 11.5 Å². The normalized spacial score (nSPS) is 11.1. The Kier molecular flexibility index (Phi) is 8.56. The second kappa shape index (κ2) is 11.4. The van der Waals surface area contributed by atoms with Crippen molar-refractivity contribution in [1.82, 2.24) is 4.98 Å². The largest absolute Gasteiger partial charge is 0.493 e. The average Bonchev–Trinajstić information content (AvgIpc) is 2.75. The van der Waals surface area contributed by atoms with Crippen molar-refractivity contribution in [2.24, 2.45) is 0 Å². The zero-order chi connectivity index (χ0) is 21.9. The molecule has 0 radical (unpaired) electrons. The van der Waals surface area contributed by atoms with Crippen molar-refractivity contribution in [3.63, 3.8) is 0 Å². The third-order valence-corrected chi connectivity index (χ3v) is 3.88. The Labute approximate surface area is 174 Å². The lowest BCUT2D eigenvalue weighted by Gasteiger charge is -2.16. The van der Waals surface area contributed by atoms with Crippen molar-refractivity contribution < 1.29 is 33.3 Å². The molecule has 0 aliphatic carbocycles. The van der Waals surface area contributed by atoms with E-state index in [0.29, 0.717) is 12.2 Å². The molecule has 0 unspecified atom stereocenters. The van der Waals surface area contributed by atoms with Gasteiger partial charge in [-0.1, -0.05) is 12.1 Å². The zero-order valence-corrected chi connectivity index (χ0v) is 16.8. The molecule has 158 valence electrons. The molecule has 8 nitrogen and oxygen atoms in total. The van der Waals surface area contributed by atoms with Gasteiger partial charge >= 0.3 is 17.9 Å². The van der Waals surface area contributed by atoms with Crippen molar-refractivity contribution >= 4 is 17.9 Å².